The Hall–Kier alpha value is -1.60. The van der Waals surface area contributed by atoms with Crippen LogP contribution in [0.5, 0.6) is 5.75 Å². The molecule has 0 bridgehead atoms. The second-order valence-electron chi connectivity index (χ2n) is 5.95. The lowest BCUT2D eigenvalue weighted by molar-refractivity contribution is 0.235. The van der Waals surface area contributed by atoms with Crippen LogP contribution in [0.25, 0.3) is 0 Å². The molecule has 2 rings (SSSR count). The molecule has 1 fully saturated rings. The molecule has 0 aliphatic heterocycles. The van der Waals surface area contributed by atoms with Crippen molar-refractivity contribution < 1.29 is 9.13 Å². The fraction of sp³-hybridized carbons (Fsp3) is 0.562. The van der Waals surface area contributed by atoms with Gasteiger partial charge < -0.3 is 10.1 Å². The zero-order valence-corrected chi connectivity index (χ0v) is 12.1. The largest absolute Gasteiger partial charge is 0.493 e. The van der Waals surface area contributed by atoms with Crippen LogP contribution in [-0.4, -0.2) is 12.6 Å². The maximum Gasteiger partial charge on any atom is 0.127 e. The molecule has 1 aromatic rings. The number of halogens is 1. The molecular weight excluding hydrogens is 255 g/mol. The van der Waals surface area contributed by atoms with Crippen LogP contribution >= 0.6 is 0 Å². The summed E-state index contributed by atoms with van der Waals surface area (Å²) in [5.41, 5.74) is 0.885. The Bertz CT molecular complexity index is 504. The van der Waals surface area contributed by atoms with Gasteiger partial charge in [0.15, 0.2) is 0 Å². The van der Waals surface area contributed by atoms with Crippen LogP contribution in [-0.2, 0) is 6.54 Å². The van der Waals surface area contributed by atoms with Gasteiger partial charge in [0.05, 0.1) is 12.7 Å². The lowest BCUT2D eigenvalue weighted by Gasteiger charge is -2.14. The molecule has 0 unspecified atom stereocenters. The van der Waals surface area contributed by atoms with E-state index in [0.29, 0.717) is 31.4 Å². The van der Waals surface area contributed by atoms with Crippen molar-refractivity contribution in [1.82, 2.24) is 5.32 Å². The van der Waals surface area contributed by atoms with Crippen LogP contribution in [0, 0.1) is 22.6 Å². The van der Waals surface area contributed by atoms with Crippen LogP contribution in [0.2, 0.25) is 0 Å². The number of nitrogens with one attached hydrogen (secondary N) is 1. The highest BCUT2D eigenvalue weighted by atomic mass is 19.1. The van der Waals surface area contributed by atoms with Crippen molar-refractivity contribution in [1.29, 1.82) is 5.26 Å². The van der Waals surface area contributed by atoms with Crippen LogP contribution < -0.4 is 10.1 Å². The number of benzene rings is 1. The van der Waals surface area contributed by atoms with E-state index in [4.69, 9.17) is 10.00 Å². The normalized spacial score (nSPS) is 15.9. The standard InChI is InChI=1S/C16H21FN2O/c1-12(2)19-10-13-7-14(17)9-15(8-13)20-11-16(3-4-16)5-6-18/h7-9,12,19H,3-5,10-11H2,1-2H3. The van der Waals surface area contributed by atoms with Crippen LogP contribution in [0.4, 0.5) is 4.39 Å². The van der Waals surface area contributed by atoms with E-state index in [1.807, 2.05) is 6.07 Å². The minimum Gasteiger partial charge on any atom is -0.493 e. The predicted octanol–water partition coefficient (Wildman–Crippen LogP) is 3.40. The third-order valence-electron chi connectivity index (χ3n) is 3.60. The molecule has 0 amide bonds. The highest BCUT2D eigenvalue weighted by molar-refractivity contribution is 5.30. The van der Waals surface area contributed by atoms with Crippen LogP contribution in [0.1, 0.15) is 38.7 Å². The molecule has 0 aromatic heterocycles. The average Bonchev–Trinajstić information content (AvgIpc) is 3.14. The first-order chi connectivity index (χ1) is 9.53. The van der Waals surface area contributed by atoms with Crippen molar-refractivity contribution in [3.63, 3.8) is 0 Å². The summed E-state index contributed by atoms with van der Waals surface area (Å²) >= 11 is 0. The van der Waals surface area contributed by atoms with Crippen molar-refractivity contribution in [2.45, 2.75) is 45.7 Å². The van der Waals surface area contributed by atoms with Gasteiger partial charge in [-0.25, -0.2) is 4.39 Å². The molecule has 1 saturated carbocycles. The summed E-state index contributed by atoms with van der Waals surface area (Å²) in [6.07, 6.45) is 2.57. The summed E-state index contributed by atoms with van der Waals surface area (Å²) in [6, 6.07) is 7.34. The van der Waals surface area contributed by atoms with E-state index in [-0.39, 0.29) is 11.2 Å². The third-order valence-corrected chi connectivity index (χ3v) is 3.60. The van der Waals surface area contributed by atoms with Crippen molar-refractivity contribution in [3.8, 4) is 11.8 Å². The monoisotopic (exact) mass is 276 g/mol. The van der Waals surface area contributed by atoms with Crippen molar-refractivity contribution in [2.24, 2.45) is 5.41 Å². The van der Waals surface area contributed by atoms with E-state index in [2.05, 4.69) is 25.2 Å². The summed E-state index contributed by atoms with van der Waals surface area (Å²) in [5.74, 6) is 0.267. The van der Waals surface area contributed by atoms with Gasteiger partial charge in [-0.1, -0.05) is 13.8 Å². The Balaban J connectivity index is 1.96. The van der Waals surface area contributed by atoms with Gasteiger partial charge in [0.25, 0.3) is 0 Å². The highest BCUT2D eigenvalue weighted by Crippen LogP contribution is 2.48. The first kappa shape index (κ1) is 14.8. The van der Waals surface area contributed by atoms with Gasteiger partial charge in [-0.05, 0) is 30.5 Å². The molecule has 0 atom stereocenters. The summed E-state index contributed by atoms with van der Waals surface area (Å²) in [5, 5.41) is 12.0. The molecule has 1 aromatic carbocycles. The first-order valence-electron chi connectivity index (χ1n) is 7.06. The molecule has 0 spiro atoms. The number of nitriles is 1. The van der Waals surface area contributed by atoms with Gasteiger partial charge in [0, 0.05) is 30.5 Å². The Labute approximate surface area is 119 Å². The van der Waals surface area contributed by atoms with Gasteiger partial charge in [0.1, 0.15) is 11.6 Å². The smallest absolute Gasteiger partial charge is 0.127 e. The summed E-state index contributed by atoms with van der Waals surface area (Å²) in [4.78, 5) is 0. The molecule has 1 N–H and O–H groups in total. The zero-order chi connectivity index (χ0) is 14.6. The predicted molar refractivity (Wildman–Crippen MR) is 75.8 cm³/mol. The molecule has 20 heavy (non-hydrogen) atoms. The molecule has 108 valence electrons. The summed E-state index contributed by atoms with van der Waals surface area (Å²) < 4.78 is 19.3. The average molecular weight is 276 g/mol. The van der Waals surface area contributed by atoms with E-state index in [0.717, 1.165) is 18.4 Å². The second-order valence-corrected chi connectivity index (χ2v) is 5.95. The molecule has 0 saturated heterocycles. The number of ether oxygens (including phenoxy) is 1. The Morgan fingerprint density at radius 1 is 1.40 bits per heavy atom. The SMILES string of the molecule is CC(C)NCc1cc(F)cc(OCC2(CC#N)CC2)c1. The lowest BCUT2D eigenvalue weighted by Crippen LogP contribution is -2.22. The number of hydrogen-bond donors (Lipinski definition) is 1. The maximum atomic E-state index is 13.6. The summed E-state index contributed by atoms with van der Waals surface area (Å²) in [6.45, 7) is 5.22. The molecule has 3 nitrogen and oxygen atoms in total. The van der Waals surface area contributed by atoms with Crippen molar-refractivity contribution >= 4 is 0 Å². The topological polar surface area (TPSA) is 45.0 Å². The maximum absolute atomic E-state index is 13.6. The minimum absolute atomic E-state index is 0.0113. The fourth-order valence-corrected chi connectivity index (χ4v) is 2.08. The van der Waals surface area contributed by atoms with Gasteiger partial charge >= 0.3 is 0 Å². The number of hydrogen-bond acceptors (Lipinski definition) is 3. The van der Waals surface area contributed by atoms with E-state index in [1.165, 1.54) is 12.1 Å². The third kappa shape index (κ3) is 4.21. The molecule has 0 heterocycles. The van der Waals surface area contributed by atoms with Gasteiger partial charge in [-0.3, -0.25) is 0 Å². The van der Waals surface area contributed by atoms with Gasteiger partial charge in [0.2, 0.25) is 0 Å². The molecule has 1 aliphatic rings. The zero-order valence-electron chi connectivity index (χ0n) is 12.1. The number of nitrogens with zero attached hydrogens (tertiary/aromatic N) is 1. The van der Waals surface area contributed by atoms with Crippen LogP contribution in [0.3, 0.4) is 0 Å². The first-order valence-corrected chi connectivity index (χ1v) is 7.06. The summed E-state index contributed by atoms with van der Waals surface area (Å²) in [7, 11) is 0. The minimum atomic E-state index is -0.284. The Morgan fingerprint density at radius 2 is 2.15 bits per heavy atom. The second kappa shape index (κ2) is 6.23. The number of rotatable bonds is 7. The van der Waals surface area contributed by atoms with E-state index < -0.39 is 0 Å². The Morgan fingerprint density at radius 3 is 2.75 bits per heavy atom. The fourth-order valence-electron chi connectivity index (χ4n) is 2.08. The molecule has 4 heteroatoms. The van der Waals surface area contributed by atoms with Crippen LogP contribution in [0.15, 0.2) is 18.2 Å². The van der Waals surface area contributed by atoms with Crippen molar-refractivity contribution in [3.05, 3.63) is 29.6 Å². The Kier molecular flexibility index (Phi) is 4.61. The molecule has 0 radical (unpaired) electrons. The highest BCUT2D eigenvalue weighted by Gasteiger charge is 2.43. The van der Waals surface area contributed by atoms with Crippen molar-refractivity contribution in [2.75, 3.05) is 6.61 Å². The molecule has 1 aliphatic carbocycles. The van der Waals surface area contributed by atoms with Gasteiger partial charge in [-0.15, -0.1) is 0 Å². The van der Waals surface area contributed by atoms with Gasteiger partial charge in [-0.2, -0.15) is 5.26 Å². The quantitative estimate of drug-likeness (QED) is 0.830. The molecular formula is C16H21FN2O. The van der Waals surface area contributed by atoms with E-state index in [1.54, 1.807) is 0 Å². The van der Waals surface area contributed by atoms with E-state index in [9.17, 15) is 4.39 Å². The van der Waals surface area contributed by atoms with E-state index >= 15 is 0 Å². The lowest BCUT2D eigenvalue weighted by atomic mass is 10.1.